The fourth-order valence-corrected chi connectivity index (χ4v) is 1.31. The molecule has 17 heavy (non-hydrogen) atoms. The topological polar surface area (TPSA) is 75.9 Å². The number of nitrogens with zero attached hydrogens (tertiary/aromatic N) is 3. The Morgan fingerprint density at radius 2 is 2.24 bits per heavy atom. The second-order valence-electron chi connectivity index (χ2n) is 3.64. The fourth-order valence-electron chi connectivity index (χ4n) is 1.31. The molecule has 0 fully saturated rings. The molecule has 0 aliphatic heterocycles. The van der Waals surface area contributed by atoms with Crippen LogP contribution in [0.15, 0.2) is 22.9 Å². The van der Waals surface area contributed by atoms with E-state index in [9.17, 15) is 0 Å². The van der Waals surface area contributed by atoms with Crippen LogP contribution in [-0.2, 0) is 0 Å². The van der Waals surface area contributed by atoms with Crippen LogP contribution >= 0.6 is 0 Å². The third kappa shape index (κ3) is 3.17. The van der Waals surface area contributed by atoms with Gasteiger partial charge in [0.1, 0.15) is 11.6 Å². The van der Waals surface area contributed by atoms with E-state index in [2.05, 4.69) is 32.7 Å². The zero-order valence-corrected chi connectivity index (χ0v) is 9.90. The monoisotopic (exact) mass is 233 g/mol. The molecule has 0 aromatic carbocycles. The Labute approximate surface area is 99.5 Å². The van der Waals surface area contributed by atoms with Crippen molar-refractivity contribution in [2.24, 2.45) is 0 Å². The molecule has 2 aromatic rings. The van der Waals surface area contributed by atoms with Crippen LogP contribution in [0, 0.1) is 6.92 Å². The predicted molar refractivity (Wildman–Crippen MR) is 65.3 cm³/mol. The molecule has 0 aliphatic rings. The van der Waals surface area contributed by atoms with E-state index in [-0.39, 0.29) is 0 Å². The van der Waals surface area contributed by atoms with Gasteiger partial charge in [0.15, 0.2) is 5.82 Å². The SMILES string of the molecule is CCCNc1nccc(Nc2cc(C)on2)n1. The molecule has 0 bridgehead atoms. The standard InChI is InChI=1S/C11H15N5O/c1-3-5-12-11-13-6-4-9(15-11)14-10-7-8(2)17-16-10/h4,6-7H,3,5H2,1-2H3,(H2,12,13,14,15,16). The number of rotatable bonds is 5. The molecule has 2 N–H and O–H groups in total. The van der Waals surface area contributed by atoms with Gasteiger partial charge in [0.05, 0.1) is 0 Å². The van der Waals surface area contributed by atoms with Crippen LogP contribution < -0.4 is 10.6 Å². The van der Waals surface area contributed by atoms with Crippen LogP contribution in [0.3, 0.4) is 0 Å². The van der Waals surface area contributed by atoms with Gasteiger partial charge in [-0.2, -0.15) is 4.98 Å². The van der Waals surface area contributed by atoms with Gasteiger partial charge in [0.25, 0.3) is 0 Å². The summed E-state index contributed by atoms with van der Waals surface area (Å²) in [6.45, 7) is 4.78. The van der Waals surface area contributed by atoms with Crippen molar-refractivity contribution >= 4 is 17.6 Å². The molecule has 0 radical (unpaired) electrons. The van der Waals surface area contributed by atoms with E-state index in [1.165, 1.54) is 0 Å². The maximum atomic E-state index is 4.96. The van der Waals surface area contributed by atoms with Crippen LogP contribution in [0.1, 0.15) is 19.1 Å². The van der Waals surface area contributed by atoms with Gasteiger partial charge < -0.3 is 15.2 Å². The fraction of sp³-hybridized carbons (Fsp3) is 0.364. The zero-order valence-electron chi connectivity index (χ0n) is 9.90. The van der Waals surface area contributed by atoms with Crippen molar-refractivity contribution in [1.82, 2.24) is 15.1 Å². The van der Waals surface area contributed by atoms with E-state index in [1.54, 1.807) is 18.3 Å². The van der Waals surface area contributed by atoms with E-state index >= 15 is 0 Å². The summed E-state index contributed by atoms with van der Waals surface area (Å²) in [6.07, 6.45) is 2.73. The second kappa shape index (κ2) is 5.29. The molecule has 2 aromatic heterocycles. The Kier molecular flexibility index (Phi) is 3.54. The number of aryl methyl sites for hydroxylation is 1. The summed E-state index contributed by atoms with van der Waals surface area (Å²) in [7, 11) is 0. The summed E-state index contributed by atoms with van der Waals surface area (Å²) in [6, 6.07) is 3.59. The lowest BCUT2D eigenvalue weighted by atomic mass is 10.4. The highest BCUT2D eigenvalue weighted by molar-refractivity contribution is 5.52. The first-order valence-corrected chi connectivity index (χ1v) is 5.55. The molecule has 2 rings (SSSR count). The summed E-state index contributed by atoms with van der Waals surface area (Å²) < 4.78 is 4.96. The van der Waals surface area contributed by atoms with Crippen molar-refractivity contribution in [3.05, 3.63) is 24.1 Å². The maximum Gasteiger partial charge on any atom is 0.224 e. The van der Waals surface area contributed by atoms with Gasteiger partial charge in [-0.05, 0) is 19.4 Å². The van der Waals surface area contributed by atoms with Gasteiger partial charge in [0, 0.05) is 18.8 Å². The van der Waals surface area contributed by atoms with Crippen molar-refractivity contribution < 1.29 is 4.52 Å². The Morgan fingerprint density at radius 1 is 1.35 bits per heavy atom. The number of anilines is 3. The summed E-state index contributed by atoms with van der Waals surface area (Å²) in [5.74, 6) is 2.69. The van der Waals surface area contributed by atoms with E-state index < -0.39 is 0 Å². The van der Waals surface area contributed by atoms with Crippen molar-refractivity contribution in [3.8, 4) is 0 Å². The highest BCUT2D eigenvalue weighted by Gasteiger charge is 2.02. The van der Waals surface area contributed by atoms with Crippen molar-refractivity contribution in [2.75, 3.05) is 17.2 Å². The van der Waals surface area contributed by atoms with Crippen molar-refractivity contribution in [2.45, 2.75) is 20.3 Å². The molecule has 0 saturated carbocycles. The first-order chi connectivity index (χ1) is 8.28. The molecular weight excluding hydrogens is 218 g/mol. The number of hydrogen-bond donors (Lipinski definition) is 2. The normalized spacial score (nSPS) is 10.2. The molecule has 6 nitrogen and oxygen atoms in total. The van der Waals surface area contributed by atoms with Crippen LogP contribution in [0.25, 0.3) is 0 Å². The highest BCUT2D eigenvalue weighted by Crippen LogP contribution is 2.14. The summed E-state index contributed by atoms with van der Waals surface area (Å²) in [5.41, 5.74) is 0. The lowest BCUT2D eigenvalue weighted by molar-refractivity contribution is 0.400. The van der Waals surface area contributed by atoms with Gasteiger partial charge in [-0.25, -0.2) is 4.98 Å². The molecule has 0 aliphatic carbocycles. The minimum atomic E-state index is 0.608. The minimum absolute atomic E-state index is 0.608. The zero-order chi connectivity index (χ0) is 12.1. The molecule has 0 spiro atoms. The lowest BCUT2D eigenvalue weighted by Gasteiger charge is -2.05. The van der Waals surface area contributed by atoms with E-state index in [0.29, 0.717) is 17.6 Å². The number of aromatic nitrogens is 3. The third-order valence-electron chi connectivity index (χ3n) is 2.07. The Morgan fingerprint density at radius 3 is 2.94 bits per heavy atom. The van der Waals surface area contributed by atoms with Crippen molar-refractivity contribution in [1.29, 1.82) is 0 Å². The summed E-state index contributed by atoms with van der Waals surface area (Å²) in [4.78, 5) is 8.42. The highest BCUT2D eigenvalue weighted by atomic mass is 16.5. The second-order valence-corrected chi connectivity index (χ2v) is 3.64. The molecule has 0 unspecified atom stereocenters. The van der Waals surface area contributed by atoms with Gasteiger partial charge in [-0.3, -0.25) is 0 Å². The molecule has 6 heteroatoms. The molecule has 0 saturated heterocycles. The maximum absolute atomic E-state index is 4.96. The number of hydrogen-bond acceptors (Lipinski definition) is 6. The summed E-state index contributed by atoms with van der Waals surface area (Å²) >= 11 is 0. The van der Waals surface area contributed by atoms with E-state index in [0.717, 1.165) is 18.7 Å². The lowest BCUT2D eigenvalue weighted by Crippen LogP contribution is -2.05. The Hall–Kier alpha value is -2.11. The molecule has 90 valence electrons. The molecule has 2 heterocycles. The predicted octanol–water partition coefficient (Wildman–Crippen LogP) is 2.34. The molecule has 0 atom stereocenters. The van der Waals surface area contributed by atoms with Crippen LogP contribution in [0.2, 0.25) is 0 Å². The smallest absolute Gasteiger partial charge is 0.224 e. The third-order valence-corrected chi connectivity index (χ3v) is 2.07. The minimum Gasteiger partial charge on any atom is -0.360 e. The van der Waals surface area contributed by atoms with Crippen LogP contribution in [-0.4, -0.2) is 21.7 Å². The van der Waals surface area contributed by atoms with Crippen molar-refractivity contribution in [3.63, 3.8) is 0 Å². The van der Waals surface area contributed by atoms with Crippen LogP contribution in [0.4, 0.5) is 17.6 Å². The van der Waals surface area contributed by atoms with Gasteiger partial charge >= 0.3 is 0 Å². The Bertz CT molecular complexity index is 482. The van der Waals surface area contributed by atoms with Gasteiger partial charge in [0.2, 0.25) is 5.95 Å². The Balaban J connectivity index is 2.05. The van der Waals surface area contributed by atoms with E-state index in [4.69, 9.17) is 4.52 Å². The quantitative estimate of drug-likeness (QED) is 0.825. The first kappa shape index (κ1) is 11.4. The first-order valence-electron chi connectivity index (χ1n) is 5.55. The van der Waals surface area contributed by atoms with Gasteiger partial charge in [-0.15, -0.1) is 0 Å². The number of nitrogens with one attached hydrogen (secondary N) is 2. The van der Waals surface area contributed by atoms with Crippen LogP contribution in [0.5, 0.6) is 0 Å². The largest absolute Gasteiger partial charge is 0.360 e. The average Bonchev–Trinajstić information content (AvgIpc) is 2.73. The molecule has 0 amide bonds. The van der Waals surface area contributed by atoms with E-state index in [1.807, 2.05) is 6.92 Å². The summed E-state index contributed by atoms with van der Waals surface area (Å²) in [5, 5.41) is 10.0. The average molecular weight is 233 g/mol. The molecular formula is C11H15N5O. The van der Waals surface area contributed by atoms with Gasteiger partial charge in [-0.1, -0.05) is 12.1 Å².